The third-order valence-electron chi connectivity index (χ3n) is 2.65. The summed E-state index contributed by atoms with van der Waals surface area (Å²) >= 11 is 0. The fourth-order valence-corrected chi connectivity index (χ4v) is 1.48. The van der Waals surface area contributed by atoms with E-state index in [0.29, 0.717) is 6.54 Å². The highest BCUT2D eigenvalue weighted by Crippen LogP contribution is 2.06. The van der Waals surface area contributed by atoms with Gasteiger partial charge in [0.1, 0.15) is 0 Å². The van der Waals surface area contributed by atoms with Gasteiger partial charge in [0, 0.05) is 20.6 Å². The lowest BCUT2D eigenvalue weighted by Crippen LogP contribution is -2.41. The van der Waals surface area contributed by atoms with E-state index in [1.54, 1.807) is 19.2 Å². The minimum absolute atomic E-state index is 0.0857. The fraction of sp³-hybridized carbons (Fsp3) is 0.308. The summed E-state index contributed by atoms with van der Waals surface area (Å²) in [6, 6.07) is 5.87. The molecule has 1 rings (SSSR count). The summed E-state index contributed by atoms with van der Waals surface area (Å²) < 4.78 is 0. The van der Waals surface area contributed by atoms with Gasteiger partial charge in [-0.05, 0) is 17.7 Å². The van der Waals surface area contributed by atoms with Crippen molar-refractivity contribution < 1.29 is 19.5 Å². The Morgan fingerprint density at radius 2 is 1.80 bits per heavy atom. The third-order valence-corrected chi connectivity index (χ3v) is 2.65. The molecule has 0 unspecified atom stereocenters. The van der Waals surface area contributed by atoms with Crippen LogP contribution in [0.5, 0.6) is 0 Å². The molecule has 0 radical (unpaired) electrons. The van der Waals surface area contributed by atoms with Crippen LogP contribution in [-0.2, 0) is 11.3 Å². The molecular formula is C13H17N3O4. The van der Waals surface area contributed by atoms with Crippen molar-refractivity contribution in [2.24, 2.45) is 0 Å². The van der Waals surface area contributed by atoms with Crippen LogP contribution >= 0.6 is 0 Å². The van der Waals surface area contributed by atoms with Gasteiger partial charge in [-0.1, -0.05) is 12.1 Å². The Bertz CT molecular complexity index is 499. The average Bonchev–Trinajstić information content (AvgIpc) is 2.44. The minimum atomic E-state index is -0.992. The molecule has 108 valence electrons. The van der Waals surface area contributed by atoms with Gasteiger partial charge in [-0.2, -0.15) is 0 Å². The predicted octanol–water partition coefficient (Wildman–Crippen LogP) is 0.272. The zero-order valence-electron chi connectivity index (χ0n) is 11.3. The van der Waals surface area contributed by atoms with Crippen molar-refractivity contribution >= 4 is 17.9 Å². The zero-order valence-corrected chi connectivity index (χ0v) is 11.3. The SMILES string of the molecule is CNC(=O)CNC(=O)N(C)Cc1ccc(C(=O)O)cc1. The molecule has 0 aliphatic rings. The lowest BCUT2D eigenvalue weighted by molar-refractivity contribution is -0.119. The van der Waals surface area contributed by atoms with E-state index >= 15 is 0 Å². The molecule has 0 spiro atoms. The molecule has 0 aliphatic heterocycles. The van der Waals surface area contributed by atoms with Crippen LogP contribution in [0.4, 0.5) is 4.79 Å². The summed E-state index contributed by atoms with van der Waals surface area (Å²) in [5.74, 6) is -1.27. The Hall–Kier alpha value is -2.57. The van der Waals surface area contributed by atoms with E-state index in [2.05, 4.69) is 10.6 Å². The van der Waals surface area contributed by atoms with Gasteiger partial charge in [0.2, 0.25) is 5.91 Å². The number of nitrogens with one attached hydrogen (secondary N) is 2. The monoisotopic (exact) mass is 279 g/mol. The van der Waals surface area contributed by atoms with Crippen molar-refractivity contribution in [3.8, 4) is 0 Å². The number of amides is 3. The molecule has 1 aromatic rings. The van der Waals surface area contributed by atoms with E-state index in [9.17, 15) is 14.4 Å². The number of carbonyl (C=O) groups excluding carboxylic acids is 2. The first-order chi connectivity index (χ1) is 9.43. The smallest absolute Gasteiger partial charge is 0.335 e. The molecule has 0 aliphatic carbocycles. The fourth-order valence-electron chi connectivity index (χ4n) is 1.48. The first-order valence-corrected chi connectivity index (χ1v) is 5.96. The van der Waals surface area contributed by atoms with Crippen LogP contribution in [0, 0.1) is 0 Å². The molecular weight excluding hydrogens is 262 g/mol. The summed E-state index contributed by atoms with van der Waals surface area (Å²) in [6.07, 6.45) is 0. The molecule has 0 bridgehead atoms. The van der Waals surface area contributed by atoms with E-state index in [-0.39, 0.29) is 24.0 Å². The Balaban J connectivity index is 2.52. The van der Waals surface area contributed by atoms with Crippen LogP contribution in [0.25, 0.3) is 0 Å². The average molecular weight is 279 g/mol. The van der Waals surface area contributed by atoms with E-state index in [0.717, 1.165) is 5.56 Å². The number of carbonyl (C=O) groups is 3. The van der Waals surface area contributed by atoms with Gasteiger partial charge < -0.3 is 20.6 Å². The van der Waals surface area contributed by atoms with Gasteiger partial charge >= 0.3 is 12.0 Å². The molecule has 0 aromatic heterocycles. The Labute approximate surface area is 116 Å². The second-order valence-corrected chi connectivity index (χ2v) is 4.19. The molecule has 0 heterocycles. The number of urea groups is 1. The summed E-state index contributed by atoms with van der Waals surface area (Å²) in [6.45, 7) is 0.233. The first kappa shape index (κ1) is 15.5. The summed E-state index contributed by atoms with van der Waals surface area (Å²) in [5, 5.41) is 13.6. The molecule has 20 heavy (non-hydrogen) atoms. The third kappa shape index (κ3) is 4.60. The molecule has 7 heteroatoms. The largest absolute Gasteiger partial charge is 0.478 e. The van der Waals surface area contributed by atoms with Crippen LogP contribution in [-0.4, -0.2) is 48.6 Å². The number of carboxylic acid groups (broad SMARTS) is 1. The van der Waals surface area contributed by atoms with Crippen LogP contribution in [0.3, 0.4) is 0 Å². The van der Waals surface area contributed by atoms with Gasteiger partial charge in [-0.15, -0.1) is 0 Å². The van der Waals surface area contributed by atoms with E-state index in [4.69, 9.17) is 5.11 Å². The number of nitrogens with zero attached hydrogens (tertiary/aromatic N) is 1. The number of hydrogen-bond acceptors (Lipinski definition) is 3. The van der Waals surface area contributed by atoms with Crippen LogP contribution in [0.2, 0.25) is 0 Å². The maximum atomic E-state index is 11.7. The minimum Gasteiger partial charge on any atom is -0.478 e. The quantitative estimate of drug-likeness (QED) is 0.720. The Morgan fingerprint density at radius 1 is 1.20 bits per heavy atom. The standard InChI is InChI=1S/C13H17N3O4/c1-14-11(17)7-15-13(20)16(2)8-9-3-5-10(6-4-9)12(18)19/h3-6H,7-8H2,1-2H3,(H,14,17)(H,15,20)(H,18,19). The lowest BCUT2D eigenvalue weighted by Gasteiger charge is -2.17. The van der Waals surface area contributed by atoms with Crippen LogP contribution in [0.1, 0.15) is 15.9 Å². The molecule has 1 aromatic carbocycles. The maximum absolute atomic E-state index is 11.7. The van der Waals surface area contributed by atoms with Crippen molar-refractivity contribution in [1.29, 1.82) is 0 Å². The molecule has 0 atom stereocenters. The molecule has 0 saturated carbocycles. The highest BCUT2D eigenvalue weighted by atomic mass is 16.4. The van der Waals surface area contributed by atoms with Gasteiger partial charge in [0.25, 0.3) is 0 Å². The zero-order chi connectivity index (χ0) is 15.1. The van der Waals surface area contributed by atoms with Crippen LogP contribution in [0.15, 0.2) is 24.3 Å². The predicted molar refractivity (Wildman–Crippen MR) is 72.3 cm³/mol. The number of rotatable bonds is 5. The summed E-state index contributed by atoms with van der Waals surface area (Å²) in [4.78, 5) is 34.8. The number of carboxylic acids is 1. The molecule has 3 N–H and O–H groups in total. The van der Waals surface area contributed by atoms with E-state index < -0.39 is 5.97 Å². The topological polar surface area (TPSA) is 98.7 Å². The lowest BCUT2D eigenvalue weighted by atomic mass is 10.1. The number of hydrogen-bond donors (Lipinski definition) is 3. The second-order valence-electron chi connectivity index (χ2n) is 4.19. The Morgan fingerprint density at radius 3 is 2.30 bits per heavy atom. The molecule has 0 fully saturated rings. The van der Waals surface area contributed by atoms with Gasteiger partial charge in [-0.3, -0.25) is 4.79 Å². The van der Waals surface area contributed by atoms with Gasteiger partial charge in [0.15, 0.2) is 0 Å². The van der Waals surface area contributed by atoms with E-state index in [1.165, 1.54) is 24.1 Å². The van der Waals surface area contributed by atoms with Crippen molar-refractivity contribution in [3.63, 3.8) is 0 Å². The highest BCUT2D eigenvalue weighted by molar-refractivity contribution is 5.87. The van der Waals surface area contributed by atoms with Crippen molar-refractivity contribution in [1.82, 2.24) is 15.5 Å². The molecule has 7 nitrogen and oxygen atoms in total. The van der Waals surface area contributed by atoms with Gasteiger partial charge in [0.05, 0.1) is 12.1 Å². The summed E-state index contributed by atoms with van der Waals surface area (Å²) in [7, 11) is 3.08. The molecule has 0 saturated heterocycles. The van der Waals surface area contributed by atoms with E-state index in [1.807, 2.05) is 0 Å². The maximum Gasteiger partial charge on any atom is 0.335 e. The molecule has 3 amide bonds. The van der Waals surface area contributed by atoms with Gasteiger partial charge in [-0.25, -0.2) is 9.59 Å². The Kier molecular flexibility index (Phi) is 5.52. The normalized spacial score (nSPS) is 9.70. The van der Waals surface area contributed by atoms with Crippen molar-refractivity contribution in [3.05, 3.63) is 35.4 Å². The summed E-state index contributed by atoms with van der Waals surface area (Å²) in [5.41, 5.74) is 0.994. The second kappa shape index (κ2) is 7.13. The number of likely N-dealkylation sites (N-methyl/N-ethyl adjacent to an activating group) is 1. The van der Waals surface area contributed by atoms with Crippen molar-refractivity contribution in [2.45, 2.75) is 6.54 Å². The highest BCUT2D eigenvalue weighted by Gasteiger charge is 2.10. The van der Waals surface area contributed by atoms with Crippen LogP contribution < -0.4 is 10.6 Å². The van der Waals surface area contributed by atoms with Crippen molar-refractivity contribution in [2.75, 3.05) is 20.6 Å². The number of aromatic carboxylic acids is 1. The first-order valence-electron chi connectivity index (χ1n) is 5.96. The number of benzene rings is 1.